The normalized spacial score (nSPS) is 11.1. The fourth-order valence-corrected chi connectivity index (χ4v) is 3.38. The molecule has 0 aliphatic heterocycles. The van der Waals surface area contributed by atoms with E-state index >= 15 is 0 Å². The Hall–Kier alpha value is -2.14. The van der Waals surface area contributed by atoms with Crippen molar-refractivity contribution in [3.05, 3.63) is 52.8 Å². The summed E-state index contributed by atoms with van der Waals surface area (Å²) in [5, 5.41) is 0.877. The number of pyridine rings is 1. The fraction of sp³-hybridized carbons (Fsp3) is 0.278. The summed E-state index contributed by atoms with van der Waals surface area (Å²) < 4.78 is 0. The van der Waals surface area contributed by atoms with Crippen LogP contribution in [0.5, 0.6) is 0 Å². The van der Waals surface area contributed by atoms with Crippen molar-refractivity contribution in [1.82, 2.24) is 15.0 Å². The van der Waals surface area contributed by atoms with Gasteiger partial charge in [0.2, 0.25) is 0 Å². The van der Waals surface area contributed by atoms with Crippen molar-refractivity contribution in [2.24, 2.45) is 0 Å². The number of Topliss-reactive ketones (excluding diaryl/α,β-unsaturated/α-hetero) is 1. The van der Waals surface area contributed by atoms with Gasteiger partial charge in [-0.25, -0.2) is 4.98 Å². The third-order valence-corrected chi connectivity index (χ3v) is 4.79. The number of aryl methyl sites for hydroxylation is 1. The summed E-state index contributed by atoms with van der Waals surface area (Å²) in [6.07, 6.45) is 2.31. The van der Waals surface area contributed by atoms with Gasteiger partial charge in [0.15, 0.2) is 5.16 Å². The molecule has 118 valence electrons. The summed E-state index contributed by atoms with van der Waals surface area (Å²) in [4.78, 5) is 23.6. The second-order valence-corrected chi connectivity index (χ2v) is 6.72. The molecule has 0 aliphatic carbocycles. The number of aromatic amines is 1. The van der Waals surface area contributed by atoms with Gasteiger partial charge in [-0.15, -0.1) is 0 Å². The molecule has 4 nitrogen and oxygen atoms in total. The van der Waals surface area contributed by atoms with E-state index in [1.54, 1.807) is 18.7 Å². The van der Waals surface area contributed by atoms with Crippen molar-refractivity contribution in [3.63, 3.8) is 0 Å². The van der Waals surface area contributed by atoms with Gasteiger partial charge in [-0.2, -0.15) is 0 Å². The average molecular weight is 325 g/mol. The first-order valence-corrected chi connectivity index (χ1v) is 8.53. The molecule has 0 amide bonds. The molecule has 0 unspecified atom stereocenters. The van der Waals surface area contributed by atoms with Gasteiger partial charge in [0.1, 0.15) is 5.78 Å². The molecule has 0 atom stereocenters. The molecule has 0 saturated carbocycles. The number of hydrogen-bond acceptors (Lipinski definition) is 4. The number of aromatic nitrogens is 3. The number of ketones is 1. The van der Waals surface area contributed by atoms with E-state index < -0.39 is 0 Å². The summed E-state index contributed by atoms with van der Waals surface area (Å²) in [6, 6.07) is 7.96. The average Bonchev–Trinajstić information content (AvgIpc) is 2.90. The number of rotatable bonds is 5. The number of nitrogens with one attached hydrogen (secondary N) is 1. The Kier molecular flexibility index (Phi) is 4.48. The van der Waals surface area contributed by atoms with Crippen molar-refractivity contribution >= 4 is 28.6 Å². The Morgan fingerprint density at radius 2 is 2.09 bits per heavy atom. The number of imidazole rings is 1. The Morgan fingerprint density at radius 3 is 2.87 bits per heavy atom. The Labute approximate surface area is 139 Å². The molecule has 0 radical (unpaired) electrons. The highest BCUT2D eigenvalue weighted by Gasteiger charge is 2.08. The Morgan fingerprint density at radius 1 is 1.26 bits per heavy atom. The van der Waals surface area contributed by atoms with Crippen LogP contribution >= 0.6 is 11.8 Å². The van der Waals surface area contributed by atoms with E-state index in [0.717, 1.165) is 33.2 Å². The zero-order chi connectivity index (χ0) is 16.4. The summed E-state index contributed by atoms with van der Waals surface area (Å²) in [5.74, 6) is 0.952. The van der Waals surface area contributed by atoms with Crippen LogP contribution in [0.1, 0.15) is 29.3 Å². The maximum atomic E-state index is 11.2. The summed E-state index contributed by atoms with van der Waals surface area (Å²) in [6.45, 7) is 5.81. The van der Waals surface area contributed by atoms with Gasteiger partial charge in [0.05, 0.1) is 16.7 Å². The SMILES string of the molecule is CC(=O)Cc1ccc2nc(SCc3nccc(C)c3C)[nH]c2c1. The number of nitrogens with zero attached hydrogens (tertiary/aromatic N) is 2. The van der Waals surface area contributed by atoms with Gasteiger partial charge in [-0.05, 0) is 55.7 Å². The highest BCUT2D eigenvalue weighted by Crippen LogP contribution is 2.25. The van der Waals surface area contributed by atoms with E-state index in [1.807, 2.05) is 30.5 Å². The van der Waals surface area contributed by atoms with Crippen LogP contribution in [0.3, 0.4) is 0 Å². The molecule has 0 spiro atoms. The van der Waals surface area contributed by atoms with Gasteiger partial charge in [0, 0.05) is 18.4 Å². The minimum Gasteiger partial charge on any atom is -0.333 e. The summed E-state index contributed by atoms with van der Waals surface area (Å²) >= 11 is 1.65. The van der Waals surface area contributed by atoms with Crippen LogP contribution in [0.15, 0.2) is 35.6 Å². The second-order valence-electron chi connectivity index (χ2n) is 5.76. The largest absolute Gasteiger partial charge is 0.333 e. The molecule has 1 N–H and O–H groups in total. The van der Waals surface area contributed by atoms with E-state index in [4.69, 9.17) is 0 Å². The minimum absolute atomic E-state index is 0.166. The molecule has 2 aromatic heterocycles. The molecule has 2 heterocycles. The van der Waals surface area contributed by atoms with E-state index in [2.05, 4.69) is 28.8 Å². The van der Waals surface area contributed by atoms with E-state index in [-0.39, 0.29) is 5.78 Å². The molecule has 0 saturated heterocycles. The van der Waals surface area contributed by atoms with Crippen LogP contribution in [0, 0.1) is 13.8 Å². The van der Waals surface area contributed by atoms with Gasteiger partial charge < -0.3 is 4.98 Å². The van der Waals surface area contributed by atoms with Crippen molar-refractivity contribution in [1.29, 1.82) is 0 Å². The van der Waals surface area contributed by atoms with E-state index in [1.165, 1.54) is 11.1 Å². The third kappa shape index (κ3) is 3.62. The van der Waals surface area contributed by atoms with Gasteiger partial charge in [0.25, 0.3) is 0 Å². The number of H-pyrrole nitrogens is 1. The molecule has 23 heavy (non-hydrogen) atoms. The van der Waals surface area contributed by atoms with Crippen LogP contribution in [0.4, 0.5) is 0 Å². The Bertz CT molecular complexity index is 870. The van der Waals surface area contributed by atoms with Crippen molar-refractivity contribution in [2.75, 3.05) is 0 Å². The maximum absolute atomic E-state index is 11.2. The lowest BCUT2D eigenvalue weighted by Crippen LogP contribution is -1.95. The molecule has 5 heteroatoms. The molecule has 0 fully saturated rings. The lowest BCUT2D eigenvalue weighted by molar-refractivity contribution is -0.116. The monoisotopic (exact) mass is 325 g/mol. The topological polar surface area (TPSA) is 58.6 Å². The number of thioether (sulfide) groups is 1. The smallest absolute Gasteiger partial charge is 0.166 e. The predicted octanol–water partition coefficient (Wildman–Crippen LogP) is 4.00. The first-order valence-electron chi connectivity index (χ1n) is 7.55. The molecular weight excluding hydrogens is 306 g/mol. The van der Waals surface area contributed by atoms with E-state index in [0.29, 0.717) is 6.42 Å². The minimum atomic E-state index is 0.166. The molecule has 0 bridgehead atoms. The summed E-state index contributed by atoms with van der Waals surface area (Å²) in [7, 11) is 0. The second kappa shape index (κ2) is 6.54. The molecule has 3 rings (SSSR count). The van der Waals surface area contributed by atoms with Crippen LogP contribution in [-0.2, 0) is 17.0 Å². The van der Waals surface area contributed by atoms with Crippen molar-refractivity contribution < 1.29 is 4.79 Å². The van der Waals surface area contributed by atoms with Crippen LogP contribution in [-0.4, -0.2) is 20.7 Å². The first kappa shape index (κ1) is 15.7. The van der Waals surface area contributed by atoms with Crippen LogP contribution < -0.4 is 0 Å². The van der Waals surface area contributed by atoms with Gasteiger partial charge in [-0.1, -0.05) is 17.8 Å². The molecule has 0 aliphatic rings. The number of hydrogen-bond donors (Lipinski definition) is 1. The lowest BCUT2D eigenvalue weighted by Gasteiger charge is -2.05. The highest BCUT2D eigenvalue weighted by atomic mass is 32.2. The lowest BCUT2D eigenvalue weighted by atomic mass is 10.1. The third-order valence-electron chi connectivity index (χ3n) is 3.90. The van der Waals surface area contributed by atoms with Crippen LogP contribution in [0.25, 0.3) is 11.0 Å². The van der Waals surface area contributed by atoms with Gasteiger partial charge >= 0.3 is 0 Å². The van der Waals surface area contributed by atoms with Gasteiger partial charge in [-0.3, -0.25) is 9.78 Å². The van der Waals surface area contributed by atoms with E-state index in [9.17, 15) is 4.79 Å². The first-order chi connectivity index (χ1) is 11.0. The van der Waals surface area contributed by atoms with Crippen molar-refractivity contribution in [2.45, 2.75) is 38.1 Å². The maximum Gasteiger partial charge on any atom is 0.166 e. The summed E-state index contributed by atoms with van der Waals surface area (Å²) in [5.41, 5.74) is 6.50. The Balaban J connectivity index is 1.78. The zero-order valence-electron chi connectivity index (χ0n) is 13.5. The molecule has 3 aromatic rings. The number of benzene rings is 1. The number of carbonyl (C=O) groups excluding carboxylic acids is 1. The van der Waals surface area contributed by atoms with Crippen molar-refractivity contribution in [3.8, 4) is 0 Å². The predicted molar refractivity (Wildman–Crippen MR) is 93.8 cm³/mol. The number of fused-ring (bicyclic) bond motifs is 1. The zero-order valence-corrected chi connectivity index (χ0v) is 14.3. The number of carbonyl (C=O) groups is 1. The highest BCUT2D eigenvalue weighted by molar-refractivity contribution is 7.98. The fourth-order valence-electron chi connectivity index (χ4n) is 2.47. The van der Waals surface area contributed by atoms with Crippen LogP contribution in [0.2, 0.25) is 0 Å². The molecule has 1 aromatic carbocycles. The quantitative estimate of drug-likeness (QED) is 0.720. The standard InChI is InChI=1S/C18H19N3OS/c1-11-6-7-19-17(13(11)3)10-23-18-20-15-5-4-14(8-12(2)22)9-16(15)21-18/h4-7,9H,8,10H2,1-3H3,(H,20,21). The molecular formula is C18H19N3OS.